The van der Waals surface area contributed by atoms with Crippen molar-refractivity contribution in [1.82, 2.24) is 5.32 Å². The zero-order valence-corrected chi connectivity index (χ0v) is 16.3. The molecule has 0 saturated carbocycles. The van der Waals surface area contributed by atoms with Crippen molar-refractivity contribution in [1.29, 1.82) is 0 Å². The van der Waals surface area contributed by atoms with Crippen molar-refractivity contribution in [3.63, 3.8) is 0 Å². The van der Waals surface area contributed by atoms with E-state index in [1.807, 2.05) is 0 Å². The molecule has 2 atom stereocenters. The number of carbonyl (C=O) groups excluding carboxylic acids is 3. The van der Waals surface area contributed by atoms with Gasteiger partial charge in [0.05, 0.1) is 20.6 Å². The molecule has 146 valence electrons. The van der Waals surface area contributed by atoms with Gasteiger partial charge in [0.15, 0.2) is 0 Å². The average molecular weight is 357 g/mol. The smallest absolute Gasteiger partial charge is 0.328 e. The van der Waals surface area contributed by atoms with E-state index in [-0.39, 0.29) is 12.3 Å². The van der Waals surface area contributed by atoms with Crippen molar-refractivity contribution in [2.24, 2.45) is 5.92 Å². The monoisotopic (exact) mass is 357 g/mol. The summed E-state index contributed by atoms with van der Waals surface area (Å²) in [7, 11) is 2.46. The summed E-state index contributed by atoms with van der Waals surface area (Å²) in [6.45, 7) is 4.52. The number of amides is 1. The maximum absolute atomic E-state index is 11.9. The van der Waals surface area contributed by atoms with Gasteiger partial charge in [-0.15, -0.1) is 0 Å². The molecular formula is C19H35NO5. The molecule has 1 amide bonds. The lowest BCUT2D eigenvalue weighted by atomic mass is 10.00. The maximum Gasteiger partial charge on any atom is 0.328 e. The zero-order valence-electron chi connectivity index (χ0n) is 16.3. The molecule has 6 heteroatoms. The first-order valence-corrected chi connectivity index (χ1v) is 9.38. The van der Waals surface area contributed by atoms with E-state index >= 15 is 0 Å². The van der Waals surface area contributed by atoms with Crippen LogP contribution in [0, 0.1) is 5.92 Å². The fraction of sp³-hybridized carbons (Fsp3) is 0.842. The molecule has 1 N–H and O–H groups in total. The van der Waals surface area contributed by atoms with E-state index in [0.29, 0.717) is 6.42 Å². The van der Waals surface area contributed by atoms with Crippen LogP contribution < -0.4 is 5.32 Å². The summed E-state index contributed by atoms with van der Waals surface area (Å²) in [6, 6.07) is -0.981. The molecule has 0 fully saturated rings. The molecule has 0 aromatic carbocycles. The maximum atomic E-state index is 11.9. The van der Waals surface area contributed by atoms with E-state index in [2.05, 4.69) is 28.6 Å². The average Bonchev–Trinajstić information content (AvgIpc) is 2.61. The topological polar surface area (TPSA) is 81.7 Å². The van der Waals surface area contributed by atoms with E-state index in [1.54, 1.807) is 0 Å². The third-order valence-electron chi connectivity index (χ3n) is 4.47. The van der Waals surface area contributed by atoms with Crippen LogP contribution in [0.15, 0.2) is 0 Å². The summed E-state index contributed by atoms with van der Waals surface area (Å²) in [5.41, 5.74) is 0. The number of carbonyl (C=O) groups is 3. The Morgan fingerprint density at radius 2 is 1.52 bits per heavy atom. The Bertz CT molecular complexity index is 397. The predicted molar refractivity (Wildman–Crippen MR) is 97.0 cm³/mol. The lowest BCUT2D eigenvalue weighted by molar-refractivity contribution is -0.150. The Kier molecular flexibility index (Phi) is 13.8. The minimum Gasteiger partial charge on any atom is -0.469 e. The molecule has 0 heterocycles. The Balaban J connectivity index is 3.85. The quantitative estimate of drug-likeness (QED) is 0.381. The first-order chi connectivity index (χ1) is 11.9. The molecule has 1 unspecified atom stereocenters. The third kappa shape index (κ3) is 12.4. The molecule has 0 aromatic rings. The molecule has 0 aliphatic heterocycles. The van der Waals surface area contributed by atoms with Crippen LogP contribution in [-0.4, -0.2) is 38.1 Å². The van der Waals surface area contributed by atoms with Crippen molar-refractivity contribution in [3.8, 4) is 0 Å². The minimum absolute atomic E-state index is 0.217. The second-order valence-electron chi connectivity index (χ2n) is 6.60. The van der Waals surface area contributed by atoms with Gasteiger partial charge >= 0.3 is 11.9 Å². The van der Waals surface area contributed by atoms with Gasteiger partial charge in [-0.1, -0.05) is 58.8 Å². The molecule has 0 aliphatic rings. The molecular weight excluding hydrogens is 322 g/mol. The fourth-order valence-corrected chi connectivity index (χ4v) is 2.54. The summed E-state index contributed by atoms with van der Waals surface area (Å²) in [5.74, 6) is -0.624. The van der Waals surface area contributed by atoms with Crippen LogP contribution in [0.1, 0.15) is 78.1 Å². The fourth-order valence-electron chi connectivity index (χ4n) is 2.54. The van der Waals surface area contributed by atoms with Gasteiger partial charge in [-0.05, 0) is 12.3 Å². The molecule has 0 rings (SSSR count). The predicted octanol–water partition coefficient (Wildman–Crippen LogP) is 3.37. The Morgan fingerprint density at radius 1 is 0.920 bits per heavy atom. The van der Waals surface area contributed by atoms with Crippen molar-refractivity contribution >= 4 is 17.8 Å². The highest BCUT2D eigenvalue weighted by Gasteiger charge is 2.24. The minimum atomic E-state index is -0.981. The molecule has 0 saturated heterocycles. The highest BCUT2D eigenvalue weighted by atomic mass is 16.5. The molecule has 0 spiro atoms. The lowest BCUT2D eigenvalue weighted by Crippen LogP contribution is -2.43. The number of nitrogens with one attached hydrogen (secondary N) is 1. The van der Waals surface area contributed by atoms with Crippen molar-refractivity contribution in [3.05, 3.63) is 0 Å². The lowest BCUT2D eigenvalue weighted by Gasteiger charge is -2.15. The Morgan fingerprint density at radius 3 is 2.08 bits per heavy atom. The van der Waals surface area contributed by atoms with Gasteiger partial charge in [0.2, 0.25) is 5.91 Å². The van der Waals surface area contributed by atoms with Gasteiger partial charge in [-0.25, -0.2) is 4.79 Å². The van der Waals surface area contributed by atoms with Crippen LogP contribution in [0.25, 0.3) is 0 Å². The highest BCUT2D eigenvalue weighted by molar-refractivity contribution is 5.87. The summed E-state index contributed by atoms with van der Waals surface area (Å²) in [5, 5.41) is 2.55. The number of unbranched alkanes of at least 4 members (excludes halogenated alkanes) is 5. The van der Waals surface area contributed by atoms with Gasteiger partial charge in [0, 0.05) is 6.42 Å². The van der Waals surface area contributed by atoms with Crippen LogP contribution in [0.2, 0.25) is 0 Å². The third-order valence-corrected chi connectivity index (χ3v) is 4.47. The van der Waals surface area contributed by atoms with Crippen LogP contribution in [0.4, 0.5) is 0 Å². The molecule has 0 bridgehead atoms. The summed E-state index contributed by atoms with van der Waals surface area (Å²) >= 11 is 0. The van der Waals surface area contributed by atoms with E-state index < -0.39 is 18.0 Å². The number of hydrogen-bond donors (Lipinski definition) is 1. The van der Waals surface area contributed by atoms with Crippen molar-refractivity contribution < 1.29 is 23.9 Å². The molecule has 0 aliphatic carbocycles. The van der Waals surface area contributed by atoms with Crippen molar-refractivity contribution in [2.75, 3.05) is 14.2 Å². The van der Waals surface area contributed by atoms with Crippen LogP contribution in [0.3, 0.4) is 0 Å². The Labute approximate surface area is 152 Å². The summed E-state index contributed by atoms with van der Waals surface area (Å²) in [6.07, 6.45) is 9.31. The molecule has 0 aromatic heterocycles. The van der Waals surface area contributed by atoms with Gasteiger partial charge in [-0.2, -0.15) is 0 Å². The normalized spacial score (nSPS) is 13.0. The Hall–Kier alpha value is -1.59. The number of esters is 2. The van der Waals surface area contributed by atoms with Gasteiger partial charge < -0.3 is 14.8 Å². The van der Waals surface area contributed by atoms with E-state index in [4.69, 9.17) is 0 Å². The highest BCUT2D eigenvalue weighted by Crippen LogP contribution is 2.14. The van der Waals surface area contributed by atoms with Gasteiger partial charge in [0.1, 0.15) is 6.04 Å². The zero-order chi connectivity index (χ0) is 19.1. The first kappa shape index (κ1) is 23.4. The van der Waals surface area contributed by atoms with E-state index in [0.717, 1.165) is 25.2 Å². The summed E-state index contributed by atoms with van der Waals surface area (Å²) in [4.78, 5) is 34.8. The van der Waals surface area contributed by atoms with Gasteiger partial charge in [0.25, 0.3) is 0 Å². The van der Waals surface area contributed by atoms with Crippen LogP contribution >= 0.6 is 0 Å². The second-order valence-corrected chi connectivity index (χ2v) is 6.60. The second kappa shape index (κ2) is 14.7. The van der Waals surface area contributed by atoms with E-state index in [9.17, 15) is 14.4 Å². The van der Waals surface area contributed by atoms with Crippen molar-refractivity contribution in [2.45, 2.75) is 84.1 Å². The molecule has 25 heavy (non-hydrogen) atoms. The van der Waals surface area contributed by atoms with Crippen LogP contribution in [0.5, 0.6) is 0 Å². The molecule has 0 radical (unpaired) electrons. The number of hydrogen-bond acceptors (Lipinski definition) is 5. The number of ether oxygens (including phenoxy) is 2. The SMILES string of the molecule is CCC(C)CCCCCCCCC(=O)N[C@H](CC(=O)OC)C(=O)OC. The molecule has 6 nitrogen and oxygen atoms in total. The summed E-state index contributed by atoms with van der Waals surface area (Å²) < 4.78 is 9.13. The number of methoxy groups -OCH3 is 2. The van der Waals surface area contributed by atoms with E-state index in [1.165, 1.54) is 46.3 Å². The largest absolute Gasteiger partial charge is 0.469 e. The first-order valence-electron chi connectivity index (χ1n) is 9.38. The number of rotatable bonds is 14. The van der Waals surface area contributed by atoms with Gasteiger partial charge in [-0.3, -0.25) is 9.59 Å². The van der Waals surface area contributed by atoms with Crippen LogP contribution in [-0.2, 0) is 23.9 Å². The standard InChI is InChI=1S/C19H35NO5/c1-5-15(2)12-10-8-6-7-9-11-13-17(21)20-16(19(23)25-4)14-18(22)24-3/h15-16H,5-14H2,1-4H3,(H,20,21)/t15?,16-/m1/s1.